The Morgan fingerprint density at radius 1 is 1.27 bits per heavy atom. The minimum absolute atomic E-state index is 0.157. The van der Waals surface area contributed by atoms with Crippen LogP contribution in [0.5, 0.6) is 0 Å². The van der Waals surface area contributed by atoms with Crippen LogP contribution in [0.2, 0.25) is 5.02 Å². The number of primary sulfonamides is 1. The van der Waals surface area contributed by atoms with Crippen LogP contribution >= 0.6 is 23.2 Å². The second-order valence-electron chi connectivity index (χ2n) is 6.04. The summed E-state index contributed by atoms with van der Waals surface area (Å²) in [6, 6.07) is 1.91. The van der Waals surface area contributed by atoms with E-state index in [1.807, 2.05) is 0 Å². The van der Waals surface area contributed by atoms with Crippen LogP contribution in [0.25, 0.3) is 0 Å². The van der Waals surface area contributed by atoms with E-state index in [4.69, 9.17) is 28.3 Å². The predicted octanol–water partition coefficient (Wildman–Crippen LogP) is 3.53. The molecule has 0 aliphatic heterocycles. The van der Waals surface area contributed by atoms with Gasteiger partial charge in [-0.05, 0) is 31.0 Å². The SMILES string of the molecule is NS(=O)(=O)C1CCCCC1N(C(=O)CCl)c1ccc(Cl)cc1C(F)(F)F. The number of halogens is 5. The van der Waals surface area contributed by atoms with Gasteiger partial charge < -0.3 is 4.90 Å². The number of benzene rings is 1. The van der Waals surface area contributed by atoms with Gasteiger partial charge in [0.05, 0.1) is 22.5 Å². The molecule has 1 aromatic rings. The molecule has 1 aliphatic rings. The maximum atomic E-state index is 13.5. The fourth-order valence-electron chi connectivity index (χ4n) is 3.26. The Morgan fingerprint density at radius 2 is 1.88 bits per heavy atom. The number of amides is 1. The zero-order valence-electron chi connectivity index (χ0n) is 13.5. The van der Waals surface area contributed by atoms with Gasteiger partial charge >= 0.3 is 6.18 Å². The highest BCUT2D eigenvalue weighted by Gasteiger charge is 2.43. The molecule has 1 aromatic carbocycles. The van der Waals surface area contributed by atoms with Crippen molar-refractivity contribution >= 4 is 44.8 Å². The van der Waals surface area contributed by atoms with E-state index in [2.05, 4.69) is 0 Å². The number of rotatable bonds is 4. The molecule has 0 heterocycles. The van der Waals surface area contributed by atoms with Crippen molar-refractivity contribution in [3.63, 3.8) is 0 Å². The summed E-state index contributed by atoms with van der Waals surface area (Å²) in [5.41, 5.74) is -1.62. The van der Waals surface area contributed by atoms with Crippen LogP contribution in [-0.2, 0) is 21.0 Å². The molecule has 26 heavy (non-hydrogen) atoms. The highest BCUT2D eigenvalue weighted by molar-refractivity contribution is 7.89. The van der Waals surface area contributed by atoms with Crippen LogP contribution in [-0.4, -0.2) is 31.5 Å². The quantitative estimate of drug-likeness (QED) is 0.738. The normalized spacial score (nSPS) is 21.5. The standard InChI is InChI=1S/C15H17Cl2F3N2O3S/c16-8-14(23)22(12-3-1-2-4-13(12)26(21,24)25)11-6-5-9(17)7-10(11)15(18,19)20/h5-7,12-13H,1-4,8H2,(H2,21,24,25). The van der Waals surface area contributed by atoms with Gasteiger partial charge in [0.25, 0.3) is 0 Å². The molecule has 0 spiro atoms. The first-order valence-corrected chi connectivity index (χ1v) is 10.3. The first kappa shape index (κ1) is 21.3. The van der Waals surface area contributed by atoms with Crippen LogP contribution in [0, 0.1) is 0 Å². The summed E-state index contributed by atoms with van der Waals surface area (Å²) in [6.07, 6.45) is -3.34. The summed E-state index contributed by atoms with van der Waals surface area (Å²) in [6.45, 7) is 0. The average Bonchev–Trinajstić information content (AvgIpc) is 2.54. The van der Waals surface area contributed by atoms with E-state index in [1.165, 1.54) is 6.07 Å². The fraction of sp³-hybridized carbons (Fsp3) is 0.533. The van der Waals surface area contributed by atoms with Crippen molar-refractivity contribution < 1.29 is 26.4 Å². The van der Waals surface area contributed by atoms with Gasteiger partial charge in [-0.3, -0.25) is 4.79 Å². The Morgan fingerprint density at radius 3 is 2.42 bits per heavy atom. The van der Waals surface area contributed by atoms with E-state index in [-0.39, 0.29) is 17.9 Å². The summed E-state index contributed by atoms with van der Waals surface area (Å²) >= 11 is 11.3. The van der Waals surface area contributed by atoms with Gasteiger partial charge in [-0.25, -0.2) is 13.6 Å². The maximum absolute atomic E-state index is 13.5. The van der Waals surface area contributed by atoms with Crippen molar-refractivity contribution in [2.75, 3.05) is 10.8 Å². The predicted molar refractivity (Wildman–Crippen MR) is 93.8 cm³/mol. The third-order valence-electron chi connectivity index (χ3n) is 4.33. The van der Waals surface area contributed by atoms with Crippen LogP contribution < -0.4 is 10.0 Å². The lowest BCUT2D eigenvalue weighted by atomic mass is 9.92. The summed E-state index contributed by atoms with van der Waals surface area (Å²) in [4.78, 5) is 13.2. The molecular formula is C15H17Cl2F3N2O3S. The minimum Gasteiger partial charge on any atom is -0.306 e. The number of carbonyl (C=O) groups excluding carboxylic acids is 1. The van der Waals surface area contributed by atoms with Crippen molar-refractivity contribution in [2.45, 2.75) is 43.2 Å². The summed E-state index contributed by atoms with van der Waals surface area (Å²) in [7, 11) is -4.07. The second-order valence-corrected chi connectivity index (χ2v) is 8.52. The molecule has 146 valence electrons. The summed E-state index contributed by atoms with van der Waals surface area (Å²) in [5, 5.41) is 3.94. The van der Waals surface area contributed by atoms with E-state index >= 15 is 0 Å². The van der Waals surface area contributed by atoms with Gasteiger partial charge in [-0.2, -0.15) is 13.2 Å². The number of nitrogens with zero attached hydrogens (tertiary/aromatic N) is 1. The number of anilines is 1. The molecule has 1 aliphatic carbocycles. The molecule has 2 N–H and O–H groups in total. The number of alkyl halides is 4. The average molecular weight is 433 g/mol. The van der Waals surface area contributed by atoms with Crippen LogP contribution in [0.15, 0.2) is 18.2 Å². The first-order chi connectivity index (χ1) is 12.0. The smallest absolute Gasteiger partial charge is 0.306 e. The largest absolute Gasteiger partial charge is 0.418 e. The zero-order valence-corrected chi connectivity index (χ0v) is 15.8. The van der Waals surface area contributed by atoms with E-state index in [0.29, 0.717) is 18.9 Å². The van der Waals surface area contributed by atoms with Crippen molar-refractivity contribution in [1.82, 2.24) is 0 Å². The molecule has 5 nitrogen and oxygen atoms in total. The highest BCUT2D eigenvalue weighted by Crippen LogP contribution is 2.41. The molecule has 1 fully saturated rings. The molecule has 1 saturated carbocycles. The topological polar surface area (TPSA) is 80.5 Å². The highest BCUT2D eigenvalue weighted by atomic mass is 35.5. The molecule has 0 saturated heterocycles. The number of sulfonamides is 1. The number of hydrogen-bond acceptors (Lipinski definition) is 3. The van der Waals surface area contributed by atoms with Crippen LogP contribution in [0.4, 0.5) is 18.9 Å². The van der Waals surface area contributed by atoms with Crippen molar-refractivity contribution in [3.8, 4) is 0 Å². The third kappa shape index (κ3) is 4.62. The Labute approximate surface area is 159 Å². The van der Waals surface area contributed by atoms with Gasteiger partial charge in [0.1, 0.15) is 5.88 Å². The Bertz CT molecular complexity index is 787. The molecule has 0 radical (unpaired) electrons. The molecule has 2 atom stereocenters. The number of hydrogen-bond donors (Lipinski definition) is 1. The maximum Gasteiger partial charge on any atom is 0.418 e. The Balaban J connectivity index is 2.64. The van der Waals surface area contributed by atoms with E-state index in [1.54, 1.807) is 0 Å². The molecule has 11 heteroatoms. The van der Waals surface area contributed by atoms with Gasteiger partial charge in [0.15, 0.2) is 0 Å². The van der Waals surface area contributed by atoms with E-state index in [9.17, 15) is 26.4 Å². The van der Waals surface area contributed by atoms with E-state index in [0.717, 1.165) is 11.0 Å². The lowest BCUT2D eigenvalue weighted by Crippen LogP contribution is -2.54. The van der Waals surface area contributed by atoms with Crippen molar-refractivity contribution in [3.05, 3.63) is 28.8 Å². The molecular weight excluding hydrogens is 416 g/mol. The Hall–Kier alpha value is -1.03. The van der Waals surface area contributed by atoms with Gasteiger partial charge in [0.2, 0.25) is 15.9 Å². The fourth-order valence-corrected chi connectivity index (χ4v) is 4.76. The monoisotopic (exact) mass is 432 g/mol. The van der Waals surface area contributed by atoms with Crippen LogP contribution in [0.1, 0.15) is 31.2 Å². The molecule has 0 aromatic heterocycles. The minimum atomic E-state index is -4.79. The molecule has 2 unspecified atom stereocenters. The second kappa shape index (κ2) is 7.92. The lowest BCUT2D eigenvalue weighted by molar-refractivity contribution is -0.137. The Kier molecular flexibility index (Phi) is 6.48. The first-order valence-electron chi connectivity index (χ1n) is 7.73. The molecule has 2 rings (SSSR count). The zero-order chi connectivity index (χ0) is 19.7. The van der Waals surface area contributed by atoms with Gasteiger partial charge in [-0.1, -0.05) is 24.4 Å². The molecule has 1 amide bonds. The van der Waals surface area contributed by atoms with Crippen molar-refractivity contribution in [2.24, 2.45) is 5.14 Å². The van der Waals surface area contributed by atoms with Crippen LogP contribution in [0.3, 0.4) is 0 Å². The van der Waals surface area contributed by atoms with Gasteiger partial charge in [0, 0.05) is 5.02 Å². The summed E-state index contributed by atoms with van der Waals surface area (Å²) in [5.74, 6) is -1.44. The number of nitrogens with two attached hydrogens (primary N) is 1. The lowest BCUT2D eigenvalue weighted by Gasteiger charge is -2.39. The summed E-state index contributed by atoms with van der Waals surface area (Å²) < 4.78 is 64.3. The third-order valence-corrected chi connectivity index (χ3v) is 6.19. The van der Waals surface area contributed by atoms with Gasteiger partial charge in [-0.15, -0.1) is 11.6 Å². The number of carbonyl (C=O) groups is 1. The van der Waals surface area contributed by atoms with E-state index < -0.39 is 50.5 Å². The van der Waals surface area contributed by atoms with Crippen molar-refractivity contribution in [1.29, 1.82) is 0 Å². The molecule has 0 bridgehead atoms.